The van der Waals surface area contributed by atoms with Crippen LogP contribution in [0.15, 0.2) is 0 Å². The highest BCUT2D eigenvalue weighted by molar-refractivity contribution is 4.52. The zero-order chi connectivity index (χ0) is 8.69. The van der Waals surface area contributed by atoms with Gasteiger partial charge in [-0.15, -0.1) is 0 Å². The van der Waals surface area contributed by atoms with Crippen LogP contribution < -0.4 is 0 Å². The van der Waals surface area contributed by atoms with Crippen molar-refractivity contribution in [2.24, 2.45) is 5.92 Å². The third-order valence-electron chi connectivity index (χ3n) is 1.84. The quantitative estimate of drug-likeness (QED) is 0.576. The summed E-state index contributed by atoms with van der Waals surface area (Å²) in [5, 5.41) is 0. The first-order chi connectivity index (χ1) is 5.16. The first-order valence-corrected chi connectivity index (χ1v) is 4.78. The van der Waals surface area contributed by atoms with E-state index < -0.39 is 0 Å². The monoisotopic (exact) mass is 158 g/mol. The predicted molar refractivity (Wildman–Crippen MR) is 49.8 cm³/mol. The van der Waals surface area contributed by atoms with E-state index in [-0.39, 0.29) is 0 Å². The molecule has 0 heterocycles. The van der Waals surface area contributed by atoms with E-state index in [9.17, 15) is 0 Å². The number of ether oxygens (including phenoxy) is 1. The van der Waals surface area contributed by atoms with Crippen LogP contribution in [-0.4, -0.2) is 12.7 Å². The summed E-state index contributed by atoms with van der Waals surface area (Å²) in [6.07, 6.45) is 4.31. The maximum absolute atomic E-state index is 5.42. The van der Waals surface area contributed by atoms with E-state index in [0.29, 0.717) is 6.10 Å². The molecule has 0 aromatic heterocycles. The fourth-order valence-electron chi connectivity index (χ4n) is 1.18. The third kappa shape index (κ3) is 7.86. The molecule has 68 valence electrons. The summed E-state index contributed by atoms with van der Waals surface area (Å²) in [6.45, 7) is 9.60. The summed E-state index contributed by atoms with van der Waals surface area (Å²) in [5.41, 5.74) is 0. The van der Waals surface area contributed by atoms with Crippen LogP contribution >= 0.6 is 0 Å². The maximum atomic E-state index is 5.42. The van der Waals surface area contributed by atoms with Gasteiger partial charge in [-0.2, -0.15) is 0 Å². The van der Waals surface area contributed by atoms with Gasteiger partial charge in [-0.1, -0.05) is 26.7 Å². The van der Waals surface area contributed by atoms with Gasteiger partial charge >= 0.3 is 0 Å². The lowest BCUT2D eigenvalue weighted by Crippen LogP contribution is -2.07. The topological polar surface area (TPSA) is 9.23 Å². The van der Waals surface area contributed by atoms with Gasteiger partial charge in [-0.25, -0.2) is 0 Å². The van der Waals surface area contributed by atoms with Crippen LogP contribution in [0.1, 0.15) is 47.0 Å². The smallest absolute Gasteiger partial charge is 0.0546 e. The molecule has 1 nitrogen and oxygen atoms in total. The van der Waals surface area contributed by atoms with Gasteiger partial charge in [-0.3, -0.25) is 0 Å². The second-order valence-electron chi connectivity index (χ2n) is 3.59. The second-order valence-corrected chi connectivity index (χ2v) is 3.59. The van der Waals surface area contributed by atoms with Crippen LogP contribution in [0.25, 0.3) is 0 Å². The van der Waals surface area contributed by atoms with E-state index in [1.54, 1.807) is 0 Å². The second kappa shape index (κ2) is 6.66. The molecule has 0 bridgehead atoms. The van der Waals surface area contributed by atoms with E-state index in [2.05, 4.69) is 27.7 Å². The van der Waals surface area contributed by atoms with Gasteiger partial charge in [-0.05, 0) is 26.2 Å². The van der Waals surface area contributed by atoms with Crippen molar-refractivity contribution in [1.29, 1.82) is 0 Å². The summed E-state index contributed by atoms with van der Waals surface area (Å²) in [6, 6.07) is 0. The van der Waals surface area contributed by atoms with E-state index in [1.807, 2.05) is 0 Å². The molecule has 0 aliphatic heterocycles. The van der Waals surface area contributed by atoms with Crippen molar-refractivity contribution in [3.8, 4) is 0 Å². The Morgan fingerprint density at radius 1 is 1.09 bits per heavy atom. The molecule has 0 aliphatic carbocycles. The molecule has 1 heteroatoms. The summed E-state index contributed by atoms with van der Waals surface area (Å²) in [4.78, 5) is 0. The molecule has 0 aromatic carbocycles. The van der Waals surface area contributed by atoms with Crippen LogP contribution in [-0.2, 0) is 4.74 Å². The van der Waals surface area contributed by atoms with Gasteiger partial charge in [0.05, 0.1) is 6.10 Å². The first kappa shape index (κ1) is 11.0. The molecular formula is C10H22O. The zero-order valence-electron chi connectivity index (χ0n) is 8.39. The molecule has 0 spiro atoms. The summed E-state index contributed by atoms with van der Waals surface area (Å²) >= 11 is 0. The van der Waals surface area contributed by atoms with Crippen LogP contribution in [0.3, 0.4) is 0 Å². The van der Waals surface area contributed by atoms with E-state index in [0.717, 1.165) is 12.5 Å². The SMILES string of the molecule is CCOC(C)CCCC(C)C. The molecule has 0 radical (unpaired) electrons. The largest absolute Gasteiger partial charge is 0.379 e. The van der Waals surface area contributed by atoms with Crippen molar-refractivity contribution in [3.63, 3.8) is 0 Å². The van der Waals surface area contributed by atoms with Crippen molar-refractivity contribution in [2.45, 2.75) is 53.1 Å². The molecule has 0 saturated heterocycles. The lowest BCUT2D eigenvalue weighted by atomic mass is 10.0. The Labute approximate surface area is 71.1 Å². The third-order valence-corrected chi connectivity index (χ3v) is 1.84. The van der Waals surface area contributed by atoms with Crippen LogP contribution in [0.4, 0.5) is 0 Å². The van der Waals surface area contributed by atoms with Crippen molar-refractivity contribution in [3.05, 3.63) is 0 Å². The normalized spacial score (nSPS) is 13.9. The molecule has 0 aromatic rings. The van der Waals surface area contributed by atoms with E-state index >= 15 is 0 Å². The standard InChI is InChI=1S/C10H22O/c1-5-11-10(4)8-6-7-9(2)3/h9-10H,5-8H2,1-4H3. The molecule has 1 unspecified atom stereocenters. The average Bonchev–Trinajstić information content (AvgIpc) is 1.87. The fourth-order valence-corrected chi connectivity index (χ4v) is 1.18. The van der Waals surface area contributed by atoms with Crippen LogP contribution in [0, 0.1) is 5.92 Å². The van der Waals surface area contributed by atoms with Crippen molar-refractivity contribution >= 4 is 0 Å². The summed E-state index contributed by atoms with van der Waals surface area (Å²) in [5.74, 6) is 0.837. The number of hydrogen-bond acceptors (Lipinski definition) is 1. The molecule has 0 N–H and O–H groups in total. The Kier molecular flexibility index (Phi) is 6.63. The Morgan fingerprint density at radius 2 is 1.73 bits per heavy atom. The fraction of sp³-hybridized carbons (Fsp3) is 1.00. The lowest BCUT2D eigenvalue weighted by Gasteiger charge is -2.11. The van der Waals surface area contributed by atoms with Gasteiger partial charge in [0.1, 0.15) is 0 Å². The van der Waals surface area contributed by atoms with E-state index in [1.165, 1.54) is 19.3 Å². The molecular weight excluding hydrogens is 136 g/mol. The Morgan fingerprint density at radius 3 is 2.18 bits per heavy atom. The highest BCUT2D eigenvalue weighted by atomic mass is 16.5. The van der Waals surface area contributed by atoms with Gasteiger partial charge in [0.25, 0.3) is 0 Å². The molecule has 0 amide bonds. The number of rotatable bonds is 6. The van der Waals surface area contributed by atoms with Gasteiger partial charge in [0.15, 0.2) is 0 Å². The highest BCUT2D eigenvalue weighted by Gasteiger charge is 2.00. The minimum atomic E-state index is 0.457. The average molecular weight is 158 g/mol. The Hall–Kier alpha value is -0.0400. The first-order valence-electron chi connectivity index (χ1n) is 4.78. The molecule has 1 atom stereocenters. The van der Waals surface area contributed by atoms with Crippen LogP contribution in [0.5, 0.6) is 0 Å². The molecule has 0 fully saturated rings. The predicted octanol–water partition coefficient (Wildman–Crippen LogP) is 3.24. The maximum Gasteiger partial charge on any atom is 0.0546 e. The Balaban J connectivity index is 3.10. The Bertz CT molecular complexity index is 78.9. The van der Waals surface area contributed by atoms with Gasteiger partial charge < -0.3 is 4.74 Å². The molecule has 11 heavy (non-hydrogen) atoms. The van der Waals surface area contributed by atoms with Crippen molar-refractivity contribution < 1.29 is 4.74 Å². The molecule has 0 rings (SSSR count). The van der Waals surface area contributed by atoms with Crippen molar-refractivity contribution in [2.75, 3.05) is 6.61 Å². The van der Waals surface area contributed by atoms with Gasteiger partial charge in [0.2, 0.25) is 0 Å². The highest BCUT2D eigenvalue weighted by Crippen LogP contribution is 2.09. The summed E-state index contributed by atoms with van der Waals surface area (Å²) < 4.78 is 5.42. The molecule has 0 aliphatic rings. The number of hydrogen-bond donors (Lipinski definition) is 0. The van der Waals surface area contributed by atoms with Crippen molar-refractivity contribution in [1.82, 2.24) is 0 Å². The minimum Gasteiger partial charge on any atom is -0.379 e. The zero-order valence-corrected chi connectivity index (χ0v) is 8.39. The lowest BCUT2D eigenvalue weighted by molar-refractivity contribution is 0.0678. The van der Waals surface area contributed by atoms with Crippen LogP contribution in [0.2, 0.25) is 0 Å². The molecule has 0 saturated carbocycles. The minimum absolute atomic E-state index is 0.457. The van der Waals surface area contributed by atoms with Gasteiger partial charge in [0, 0.05) is 6.61 Å². The van der Waals surface area contributed by atoms with E-state index in [4.69, 9.17) is 4.74 Å². The summed E-state index contributed by atoms with van der Waals surface area (Å²) in [7, 11) is 0.